The number of pyridine rings is 1. The molecule has 0 spiro atoms. The maximum absolute atomic E-state index is 12.4. The molecule has 3 nitrogen and oxygen atoms in total. The Balaban J connectivity index is 3.33. The van der Waals surface area contributed by atoms with Crippen LogP contribution in [0.25, 0.3) is 0 Å². The summed E-state index contributed by atoms with van der Waals surface area (Å²) < 4.78 is 24.8. The van der Waals surface area contributed by atoms with Crippen molar-refractivity contribution in [3.8, 4) is 6.07 Å². The smallest absolute Gasteiger partial charge is 0.266 e. The van der Waals surface area contributed by atoms with Crippen LogP contribution in [0.1, 0.15) is 28.9 Å². The molecule has 0 aliphatic heterocycles. The number of aromatic nitrogens is 1. The SMILES string of the molecule is Cc1cc(C(F)F)c(C#N)nc1CO. The Morgan fingerprint density at radius 2 is 2.29 bits per heavy atom. The van der Waals surface area contributed by atoms with Crippen LogP contribution in [0.3, 0.4) is 0 Å². The van der Waals surface area contributed by atoms with Gasteiger partial charge in [-0.2, -0.15) is 5.26 Å². The molecule has 0 atom stereocenters. The molecule has 0 fully saturated rings. The Hall–Kier alpha value is -1.54. The van der Waals surface area contributed by atoms with Crippen LogP contribution in [-0.4, -0.2) is 10.1 Å². The van der Waals surface area contributed by atoms with E-state index in [1.165, 1.54) is 6.07 Å². The summed E-state index contributed by atoms with van der Waals surface area (Å²) in [5.41, 5.74) is 0.00426. The quantitative estimate of drug-likeness (QED) is 0.786. The second kappa shape index (κ2) is 4.11. The van der Waals surface area contributed by atoms with Gasteiger partial charge in [-0.15, -0.1) is 0 Å². The standard InChI is InChI=1S/C9H8F2N2O/c1-5-2-6(9(10)11)7(3-12)13-8(5)4-14/h2,9,14H,4H2,1H3. The Bertz CT molecular complexity index is 385. The zero-order valence-electron chi connectivity index (χ0n) is 7.46. The van der Waals surface area contributed by atoms with Crippen LogP contribution in [0.5, 0.6) is 0 Å². The van der Waals surface area contributed by atoms with Gasteiger partial charge in [0.15, 0.2) is 0 Å². The minimum absolute atomic E-state index is 0.256. The van der Waals surface area contributed by atoms with E-state index in [2.05, 4.69) is 4.98 Å². The van der Waals surface area contributed by atoms with Crippen LogP contribution in [0.2, 0.25) is 0 Å². The minimum atomic E-state index is -2.72. The molecule has 0 aliphatic carbocycles. The van der Waals surface area contributed by atoms with Gasteiger partial charge in [-0.3, -0.25) is 0 Å². The molecule has 0 radical (unpaired) electrons. The van der Waals surface area contributed by atoms with Gasteiger partial charge in [0.2, 0.25) is 0 Å². The summed E-state index contributed by atoms with van der Waals surface area (Å²) in [5.74, 6) is 0. The number of nitriles is 1. The van der Waals surface area contributed by atoms with Gasteiger partial charge in [0.05, 0.1) is 17.9 Å². The number of hydrogen-bond acceptors (Lipinski definition) is 3. The van der Waals surface area contributed by atoms with Crippen molar-refractivity contribution in [2.75, 3.05) is 0 Å². The van der Waals surface area contributed by atoms with Gasteiger partial charge in [0.25, 0.3) is 6.43 Å². The number of nitrogens with zero attached hydrogens (tertiary/aromatic N) is 2. The summed E-state index contributed by atoms with van der Waals surface area (Å²) in [6.07, 6.45) is -2.72. The number of aliphatic hydroxyl groups is 1. The van der Waals surface area contributed by atoms with Crippen molar-refractivity contribution in [2.45, 2.75) is 20.0 Å². The van der Waals surface area contributed by atoms with E-state index in [1.54, 1.807) is 13.0 Å². The fourth-order valence-corrected chi connectivity index (χ4v) is 1.09. The maximum Gasteiger partial charge on any atom is 0.266 e. The topological polar surface area (TPSA) is 56.9 Å². The molecule has 1 aromatic heterocycles. The van der Waals surface area contributed by atoms with Gasteiger partial charge in [-0.25, -0.2) is 13.8 Å². The highest BCUT2D eigenvalue weighted by atomic mass is 19.3. The molecule has 5 heteroatoms. The molecule has 0 bridgehead atoms. The summed E-state index contributed by atoms with van der Waals surface area (Å²) in [7, 11) is 0. The molecule has 14 heavy (non-hydrogen) atoms. The molecule has 0 amide bonds. The van der Waals surface area contributed by atoms with Gasteiger partial charge in [-0.05, 0) is 18.6 Å². The van der Waals surface area contributed by atoms with Crippen LogP contribution in [-0.2, 0) is 6.61 Å². The summed E-state index contributed by atoms with van der Waals surface area (Å²) in [4.78, 5) is 3.64. The second-order valence-corrected chi connectivity index (χ2v) is 2.76. The van der Waals surface area contributed by atoms with E-state index in [-0.39, 0.29) is 23.6 Å². The molecule has 0 aromatic carbocycles. The van der Waals surface area contributed by atoms with E-state index >= 15 is 0 Å². The van der Waals surface area contributed by atoms with Crippen molar-refractivity contribution in [3.05, 3.63) is 28.6 Å². The normalized spacial score (nSPS) is 10.3. The Morgan fingerprint density at radius 1 is 1.64 bits per heavy atom. The van der Waals surface area contributed by atoms with E-state index in [9.17, 15) is 8.78 Å². The summed E-state index contributed by atoms with van der Waals surface area (Å²) in [6.45, 7) is 1.20. The third kappa shape index (κ3) is 1.86. The molecule has 0 aliphatic rings. The van der Waals surface area contributed by atoms with Crippen LogP contribution >= 0.6 is 0 Å². The van der Waals surface area contributed by atoms with E-state index in [0.29, 0.717) is 5.56 Å². The third-order valence-corrected chi connectivity index (χ3v) is 1.84. The highest BCUT2D eigenvalue weighted by Gasteiger charge is 2.16. The predicted octanol–water partition coefficient (Wildman–Crippen LogP) is 1.69. The molecule has 1 N–H and O–H groups in total. The molecule has 1 rings (SSSR count). The summed E-state index contributed by atoms with van der Waals surface area (Å²) >= 11 is 0. The van der Waals surface area contributed by atoms with Crippen molar-refractivity contribution < 1.29 is 13.9 Å². The average Bonchev–Trinajstić information content (AvgIpc) is 2.17. The zero-order valence-corrected chi connectivity index (χ0v) is 7.46. The molecule has 0 saturated carbocycles. The monoisotopic (exact) mass is 198 g/mol. The second-order valence-electron chi connectivity index (χ2n) is 2.76. The highest BCUT2D eigenvalue weighted by molar-refractivity contribution is 5.37. The highest BCUT2D eigenvalue weighted by Crippen LogP contribution is 2.23. The van der Waals surface area contributed by atoms with Crippen LogP contribution in [0.4, 0.5) is 8.78 Å². The number of rotatable bonds is 2. The first kappa shape index (κ1) is 10.5. The molecule has 0 unspecified atom stereocenters. The fourth-order valence-electron chi connectivity index (χ4n) is 1.09. The molecule has 0 saturated heterocycles. The Labute approximate surface area is 79.6 Å². The molecular weight excluding hydrogens is 190 g/mol. The molecule has 1 aromatic rings. The van der Waals surface area contributed by atoms with Gasteiger partial charge in [0, 0.05) is 0 Å². The van der Waals surface area contributed by atoms with E-state index in [0.717, 1.165) is 0 Å². The van der Waals surface area contributed by atoms with Crippen molar-refractivity contribution in [1.29, 1.82) is 5.26 Å². The van der Waals surface area contributed by atoms with Crippen molar-refractivity contribution >= 4 is 0 Å². The first-order valence-corrected chi connectivity index (χ1v) is 3.89. The van der Waals surface area contributed by atoms with Gasteiger partial charge in [-0.1, -0.05) is 0 Å². The van der Waals surface area contributed by atoms with Crippen molar-refractivity contribution in [3.63, 3.8) is 0 Å². The van der Waals surface area contributed by atoms with Gasteiger partial charge >= 0.3 is 0 Å². The van der Waals surface area contributed by atoms with Crippen molar-refractivity contribution in [1.82, 2.24) is 4.98 Å². The van der Waals surface area contributed by atoms with Crippen LogP contribution < -0.4 is 0 Å². The number of hydrogen-bond donors (Lipinski definition) is 1. The lowest BCUT2D eigenvalue weighted by Gasteiger charge is -2.06. The lowest BCUT2D eigenvalue weighted by Crippen LogP contribution is -2.02. The largest absolute Gasteiger partial charge is 0.390 e. The van der Waals surface area contributed by atoms with Gasteiger partial charge in [0.1, 0.15) is 11.8 Å². The molecular formula is C9H8F2N2O. The lowest BCUT2D eigenvalue weighted by atomic mass is 10.1. The van der Waals surface area contributed by atoms with E-state index in [4.69, 9.17) is 10.4 Å². The predicted molar refractivity (Wildman–Crippen MR) is 44.6 cm³/mol. The zero-order chi connectivity index (χ0) is 10.7. The summed E-state index contributed by atoms with van der Waals surface area (Å²) in [6, 6.07) is 2.76. The average molecular weight is 198 g/mol. The number of halogens is 2. The minimum Gasteiger partial charge on any atom is -0.390 e. The number of alkyl halides is 2. The molecule has 74 valence electrons. The lowest BCUT2D eigenvalue weighted by molar-refractivity contribution is 0.150. The number of aryl methyl sites for hydroxylation is 1. The Kier molecular flexibility index (Phi) is 3.10. The first-order chi connectivity index (χ1) is 6.60. The van der Waals surface area contributed by atoms with Gasteiger partial charge < -0.3 is 5.11 Å². The van der Waals surface area contributed by atoms with Crippen LogP contribution in [0, 0.1) is 18.3 Å². The number of aliphatic hydroxyl groups excluding tert-OH is 1. The summed E-state index contributed by atoms with van der Waals surface area (Å²) in [5, 5.41) is 17.4. The fraction of sp³-hybridized carbons (Fsp3) is 0.333. The maximum atomic E-state index is 12.4. The Morgan fingerprint density at radius 3 is 2.71 bits per heavy atom. The van der Waals surface area contributed by atoms with E-state index < -0.39 is 6.43 Å². The van der Waals surface area contributed by atoms with E-state index in [1.807, 2.05) is 0 Å². The molecule has 1 heterocycles. The van der Waals surface area contributed by atoms with Crippen LogP contribution in [0.15, 0.2) is 6.07 Å². The third-order valence-electron chi connectivity index (χ3n) is 1.84. The van der Waals surface area contributed by atoms with Crippen molar-refractivity contribution in [2.24, 2.45) is 0 Å². The first-order valence-electron chi connectivity index (χ1n) is 3.89.